The molecule has 24 heavy (non-hydrogen) atoms. The van der Waals surface area contributed by atoms with E-state index in [1.165, 1.54) is 12.1 Å². The van der Waals surface area contributed by atoms with Gasteiger partial charge in [-0.15, -0.1) is 12.4 Å². The molecule has 0 aliphatic carbocycles. The summed E-state index contributed by atoms with van der Waals surface area (Å²) in [7, 11) is 0. The summed E-state index contributed by atoms with van der Waals surface area (Å²) in [6, 6.07) is 5.76. The molecule has 0 spiro atoms. The van der Waals surface area contributed by atoms with Gasteiger partial charge in [-0.05, 0) is 50.1 Å². The Kier molecular flexibility index (Phi) is 6.57. The first kappa shape index (κ1) is 18.7. The van der Waals surface area contributed by atoms with Crippen molar-refractivity contribution in [3.05, 3.63) is 30.1 Å². The van der Waals surface area contributed by atoms with E-state index in [2.05, 4.69) is 10.6 Å². The molecular weight excluding hydrogens is 333 g/mol. The van der Waals surface area contributed by atoms with Crippen LogP contribution in [0.4, 0.5) is 10.1 Å². The van der Waals surface area contributed by atoms with Crippen molar-refractivity contribution in [2.75, 3.05) is 31.5 Å². The minimum Gasteiger partial charge on any atom is -0.342 e. The molecule has 2 aliphatic rings. The van der Waals surface area contributed by atoms with Crippen molar-refractivity contribution in [3.63, 3.8) is 0 Å². The van der Waals surface area contributed by atoms with E-state index in [0.29, 0.717) is 31.6 Å². The van der Waals surface area contributed by atoms with Crippen molar-refractivity contribution in [1.29, 1.82) is 0 Å². The second kappa shape index (κ2) is 8.44. The molecule has 1 unspecified atom stereocenters. The third-order valence-electron chi connectivity index (χ3n) is 4.70. The highest BCUT2D eigenvalue weighted by molar-refractivity contribution is 5.92. The SMILES string of the molecule is Cl.O=C(Nc1ccc(F)cc1)C1CCN(C(=O)C2CCNC2)CC1. The zero-order chi connectivity index (χ0) is 16.2. The van der Waals surface area contributed by atoms with E-state index in [-0.39, 0.29) is 41.9 Å². The highest BCUT2D eigenvalue weighted by atomic mass is 35.5. The Labute approximate surface area is 147 Å². The molecule has 2 fully saturated rings. The number of amides is 2. The van der Waals surface area contributed by atoms with Crippen LogP contribution in [0.1, 0.15) is 19.3 Å². The molecule has 1 aromatic rings. The molecule has 2 aliphatic heterocycles. The maximum absolute atomic E-state index is 12.9. The van der Waals surface area contributed by atoms with Crippen LogP contribution < -0.4 is 10.6 Å². The molecule has 0 aromatic heterocycles. The van der Waals surface area contributed by atoms with Crippen molar-refractivity contribution in [3.8, 4) is 0 Å². The van der Waals surface area contributed by atoms with Gasteiger partial charge in [0.25, 0.3) is 0 Å². The summed E-state index contributed by atoms with van der Waals surface area (Å²) in [6.45, 7) is 2.95. The van der Waals surface area contributed by atoms with Gasteiger partial charge in [0, 0.05) is 31.2 Å². The maximum Gasteiger partial charge on any atom is 0.227 e. The van der Waals surface area contributed by atoms with E-state index in [1.54, 1.807) is 12.1 Å². The zero-order valence-corrected chi connectivity index (χ0v) is 14.3. The van der Waals surface area contributed by atoms with Gasteiger partial charge >= 0.3 is 0 Å². The van der Waals surface area contributed by atoms with Crippen LogP contribution in [0.2, 0.25) is 0 Å². The fourth-order valence-electron chi connectivity index (χ4n) is 3.26. The second-order valence-corrected chi connectivity index (χ2v) is 6.29. The van der Waals surface area contributed by atoms with Crippen molar-refractivity contribution in [2.24, 2.45) is 11.8 Å². The molecule has 5 nitrogen and oxygen atoms in total. The largest absolute Gasteiger partial charge is 0.342 e. The van der Waals surface area contributed by atoms with Gasteiger partial charge in [0.15, 0.2) is 0 Å². The normalized spacial score (nSPS) is 21.2. The number of carbonyl (C=O) groups excluding carboxylic acids is 2. The minimum absolute atomic E-state index is 0. The molecule has 2 saturated heterocycles. The molecule has 0 radical (unpaired) electrons. The van der Waals surface area contributed by atoms with Crippen LogP contribution in [0.15, 0.2) is 24.3 Å². The number of nitrogens with zero attached hydrogens (tertiary/aromatic N) is 1. The Balaban J connectivity index is 0.00000208. The van der Waals surface area contributed by atoms with E-state index in [4.69, 9.17) is 0 Å². The minimum atomic E-state index is -0.323. The fourth-order valence-corrected chi connectivity index (χ4v) is 3.26. The van der Waals surface area contributed by atoms with Crippen LogP contribution in [0.5, 0.6) is 0 Å². The van der Waals surface area contributed by atoms with E-state index < -0.39 is 0 Å². The number of hydrogen-bond donors (Lipinski definition) is 2. The maximum atomic E-state index is 12.9. The van der Waals surface area contributed by atoms with Crippen LogP contribution in [-0.2, 0) is 9.59 Å². The van der Waals surface area contributed by atoms with Crippen LogP contribution in [0.25, 0.3) is 0 Å². The smallest absolute Gasteiger partial charge is 0.227 e. The number of benzene rings is 1. The molecule has 2 amide bonds. The van der Waals surface area contributed by atoms with Crippen molar-refractivity contribution in [1.82, 2.24) is 10.2 Å². The molecule has 3 rings (SSSR count). The summed E-state index contributed by atoms with van der Waals surface area (Å²) in [5, 5.41) is 6.03. The van der Waals surface area contributed by atoms with Gasteiger partial charge in [0.2, 0.25) is 11.8 Å². The quantitative estimate of drug-likeness (QED) is 0.872. The molecule has 2 heterocycles. The molecule has 1 atom stereocenters. The van der Waals surface area contributed by atoms with E-state index in [9.17, 15) is 14.0 Å². The molecule has 0 bridgehead atoms. The highest BCUT2D eigenvalue weighted by Gasteiger charge is 2.31. The first-order valence-corrected chi connectivity index (χ1v) is 8.19. The number of rotatable bonds is 3. The Bertz CT molecular complexity index is 568. The number of nitrogens with one attached hydrogen (secondary N) is 2. The molecular formula is C17H23ClFN3O2. The number of halogens is 2. The number of hydrogen-bond acceptors (Lipinski definition) is 3. The number of anilines is 1. The fraction of sp³-hybridized carbons (Fsp3) is 0.529. The molecule has 0 saturated carbocycles. The Morgan fingerprint density at radius 1 is 1.08 bits per heavy atom. The lowest BCUT2D eigenvalue weighted by atomic mass is 9.94. The van der Waals surface area contributed by atoms with Crippen LogP contribution in [0, 0.1) is 17.7 Å². The Morgan fingerprint density at radius 2 is 1.75 bits per heavy atom. The average Bonchev–Trinajstić information content (AvgIpc) is 3.11. The highest BCUT2D eigenvalue weighted by Crippen LogP contribution is 2.22. The number of carbonyl (C=O) groups is 2. The Morgan fingerprint density at radius 3 is 2.33 bits per heavy atom. The lowest BCUT2D eigenvalue weighted by molar-refractivity contribution is -0.137. The molecule has 132 valence electrons. The van der Waals surface area contributed by atoms with E-state index >= 15 is 0 Å². The molecule has 1 aromatic carbocycles. The van der Waals surface area contributed by atoms with Crippen LogP contribution in [-0.4, -0.2) is 42.9 Å². The van der Waals surface area contributed by atoms with Gasteiger partial charge in [-0.3, -0.25) is 9.59 Å². The topological polar surface area (TPSA) is 61.4 Å². The van der Waals surface area contributed by atoms with Gasteiger partial charge in [0.05, 0.1) is 5.92 Å². The van der Waals surface area contributed by atoms with Gasteiger partial charge in [-0.2, -0.15) is 0 Å². The molecule has 7 heteroatoms. The lowest BCUT2D eigenvalue weighted by Crippen LogP contribution is -2.44. The standard InChI is InChI=1S/C17H22FN3O2.ClH/c18-14-1-3-15(4-2-14)20-16(22)12-6-9-21(10-7-12)17(23)13-5-8-19-11-13;/h1-4,12-13,19H,5-11H2,(H,20,22);1H. The van der Waals surface area contributed by atoms with Crippen LogP contribution in [0.3, 0.4) is 0 Å². The van der Waals surface area contributed by atoms with Crippen LogP contribution >= 0.6 is 12.4 Å². The predicted octanol–water partition coefficient (Wildman–Crippen LogP) is 2.03. The van der Waals surface area contributed by atoms with Gasteiger partial charge in [-0.1, -0.05) is 0 Å². The lowest BCUT2D eigenvalue weighted by Gasteiger charge is -2.32. The number of piperidine rings is 1. The third kappa shape index (κ3) is 4.45. The summed E-state index contributed by atoms with van der Waals surface area (Å²) >= 11 is 0. The van der Waals surface area contributed by atoms with Gasteiger partial charge in [-0.25, -0.2) is 4.39 Å². The first-order valence-electron chi connectivity index (χ1n) is 8.19. The summed E-state index contributed by atoms with van der Waals surface area (Å²) in [5.74, 6) is -0.153. The summed E-state index contributed by atoms with van der Waals surface area (Å²) in [6.07, 6.45) is 2.27. The van der Waals surface area contributed by atoms with E-state index in [0.717, 1.165) is 19.5 Å². The summed E-state index contributed by atoms with van der Waals surface area (Å²) < 4.78 is 12.9. The molecule has 2 N–H and O–H groups in total. The number of likely N-dealkylation sites (tertiary alicyclic amines) is 1. The monoisotopic (exact) mass is 355 g/mol. The van der Waals surface area contributed by atoms with E-state index in [1.807, 2.05) is 4.90 Å². The first-order chi connectivity index (χ1) is 11.1. The van der Waals surface area contributed by atoms with Gasteiger partial charge < -0.3 is 15.5 Å². The second-order valence-electron chi connectivity index (χ2n) is 6.29. The van der Waals surface area contributed by atoms with Crippen molar-refractivity contribution in [2.45, 2.75) is 19.3 Å². The zero-order valence-electron chi connectivity index (χ0n) is 13.5. The summed E-state index contributed by atoms with van der Waals surface area (Å²) in [5.41, 5.74) is 0.604. The third-order valence-corrected chi connectivity index (χ3v) is 4.70. The summed E-state index contributed by atoms with van der Waals surface area (Å²) in [4.78, 5) is 26.5. The Hall–Kier alpha value is -1.66. The van der Waals surface area contributed by atoms with Crippen molar-refractivity contribution >= 4 is 29.9 Å². The van der Waals surface area contributed by atoms with Gasteiger partial charge in [0.1, 0.15) is 5.82 Å². The average molecular weight is 356 g/mol. The predicted molar refractivity (Wildman–Crippen MR) is 92.6 cm³/mol. The van der Waals surface area contributed by atoms with Crippen molar-refractivity contribution < 1.29 is 14.0 Å².